The number of ether oxygens (including phenoxy) is 1. The first kappa shape index (κ1) is 15.9. The van der Waals surface area contributed by atoms with Gasteiger partial charge >= 0.3 is 5.97 Å². The molecule has 1 amide bonds. The van der Waals surface area contributed by atoms with Gasteiger partial charge in [-0.25, -0.2) is 0 Å². The number of fused-ring (bicyclic) bond motifs is 2. The SMILES string of the molecule is CC(=O)OC(C)C(=O)N1c2ccccc2Sc2ccc(Cl)cc21. The molecule has 3 rings (SSSR count). The molecule has 2 aromatic rings. The third-order valence-electron chi connectivity index (χ3n) is 3.40. The average Bonchev–Trinajstić information content (AvgIpc) is 2.51. The Morgan fingerprint density at radius 3 is 2.57 bits per heavy atom. The second-order valence-electron chi connectivity index (χ2n) is 5.11. The Hall–Kier alpha value is -1.98. The van der Waals surface area contributed by atoms with E-state index >= 15 is 0 Å². The van der Waals surface area contributed by atoms with Crippen molar-refractivity contribution in [1.82, 2.24) is 0 Å². The van der Waals surface area contributed by atoms with Gasteiger partial charge in [-0.1, -0.05) is 35.5 Å². The van der Waals surface area contributed by atoms with Crippen molar-refractivity contribution in [1.29, 1.82) is 0 Å². The molecule has 0 aliphatic carbocycles. The van der Waals surface area contributed by atoms with Gasteiger partial charge in [0.05, 0.1) is 11.4 Å². The molecule has 0 radical (unpaired) electrons. The van der Waals surface area contributed by atoms with Crippen molar-refractivity contribution in [3.05, 3.63) is 47.5 Å². The molecule has 6 heteroatoms. The van der Waals surface area contributed by atoms with Crippen molar-refractivity contribution in [2.24, 2.45) is 0 Å². The van der Waals surface area contributed by atoms with Crippen molar-refractivity contribution in [3.63, 3.8) is 0 Å². The molecular formula is C17H14ClNO3S. The minimum atomic E-state index is -0.879. The molecule has 2 aromatic carbocycles. The number of benzene rings is 2. The summed E-state index contributed by atoms with van der Waals surface area (Å²) in [5.74, 6) is -0.798. The van der Waals surface area contributed by atoms with Crippen LogP contribution in [0, 0.1) is 0 Å². The monoisotopic (exact) mass is 347 g/mol. The number of para-hydroxylation sites is 1. The number of esters is 1. The van der Waals surface area contributed by atoms with Crippen LogP contribution in [0.5, 0.6) is 0 Å². The molecule has 1 aliphatic rings. The van der Waals surface area contributed by atoms with Crippen LogP contribution in [-0.4, -0.2) is 18.0 Å². The molecule has 0 bridgehead atoms. The van der Waals surface area contributed by atoms with E-state index < -0.39 is 12.1 Å². The van der Waals surface area contributed by atoms with Gasteiger partial charge in [0, 0.05) is 21.7 Å². The molecule has 0 aromatic heterocycles. The lowest BCUT2D eigenvalue weighted by atomic mass is 10.2. The molecule has 23 heavy (non-hydrogen) atoms. The third kappa shape index (κ3) is 3.07. The van der Waals surface area contributed by atoms with Crippen LogP contribution < -0.4 is 4.90 Å². The number of halogens is 1. The predicted molar refractivity (Wildman–Crippen MR) is 90.4 cm³/mol. The summed E-state index contributed by atoms with van der Waals surface area (Å²) in [6.45, 7) is 2.85. The summed E-state index contributed by atoms with van der Waals surface area (Å²) in [5.41, 5.74) is 1.46. The maximum atomic E-state index is 12.9. The summed E-state index contributed by atoms with van der Waals surface area (Å²) in [7, 11) is 0. The van der Waals surface area contributed by atoms with Gasteiger partial charge in [-0.15, -0.1) is 0 Å². The summed E-state index contributed by atoms with van der Waals surface area (Å²) in [6.07, 6.45) is -0.879. The molecule has 1 heterocycles. The highest BCUT2D eigenvalue weighted by Crippen LogP contribution is 2.49. The van der Waals surface area contributed by atoms with E-state index in [1.807, 2.05) is 30.3 Å². The fraction of sp³-hybridized carbons (Fsp3) is 0.176. The predicted octanol–water partition coefficient (Wildman–Crippen LogP) is 4.42. The van der Waals surface area contributed by atoms with Crippen molar-refractivity contribution in [2.75, 3.05) is 4.90 Å². The number of carbonyl (C=O) groups is 2. The topological polar surface area (TPSA) is 46.6 Å². The summed E-state index contributed by atoms with van der Waals surface area (Å²) in [6, 6.07) is 13.0. The zero-order chi connectivity index (χ0) is 16.6. The van der Waals surface area contributed by atoms with E-state index in [4.69, 9.17) is 16.3 Å². The van der Waals surface area contributed by atoms with E-state index in [-0.39, 0.29) is 5.91 Å². The quantitative estimate of drug-likeness (QED) is 0.754. The number of carbonyl (C=O) groups excluding carboxylic acids is 2. The zero-order valence-corrected chi connectivity index (χ0v) is 14.1. The lowest BCUT2D eigenvalue weighted by molar-refractivity contribution is -0.151. The van der Waals surface area contributed by atoms with Crippen molar-refractivity contribution in [2.45, 2.75) is 29.7 Å². The van der Waals surface area contributed by atoms with Gasteiger partial charge in [0.25, 0.3) is 5.91 Å². The molecular weight excluding hydrogens is 334 g/mol. The van der Waals surface area contributed by atoms with E-state index in [0.29, 0.717) is 10.7 Å². The maximum absolute atomic E-state index is 12.9. The van der Waals surface area contributed by atoms with E-state index in [1.165, 1.54) is 6.92 Å². The summed E-state index contributed by atoms with van der Waals surface area (Å²) < 4.78 is 5.06. The maximum Gasteiger partial charge on any atom is 0.303 e. The fourth-order valence-electron chi connectivity index (χ4n) is 2.45. The van der Waals surface area contributed by atoms with Gasteiger partial charge in [0.15, 0.2) is 6.10 Å². The number of anilines is 2. The standard InChI is InChI=1S/C17H14ClNO3S/c1-10(22-11(2)20)17(21)19-13-5-3-4-6-15(13)23-16-8-7-12(18)9-14(16)19/h3-10H,1-2H3. The molecule has 1 aliphatic heterocycles. The Bertz CT molecular complexity index is 793. The smallest absolute Gasteiger partial charge is 0.303 e. The second kappa shape index (κ2) is 6.26. The highest BCUT2D eigenvalue weighted by atomic mass is 35.5. The minimum Gasteiger partial charge on any atom is -0.453 e. The fourth-order valence-corrected chi connectivity index (χ4v) is 3.65. The van der Waals surface area contributed by atoms with Gasteiger partial charge in [-0.05, 0) is 37.3 Å². The Morgan fingerprint density at radius 2 is 1.83 bits per heavy atom. The van der Waals surface area contributed by atoms with Gasteiger partial charge in [0.2, 0.25) is 0 Å². The van der Waals surface area contributed by atoms with Crippen molar-refractivity contribution < 1.29 is 14.3 Å². The number of amides is 1. The zero-order valence-electron chi connectivity index (χ0n) is 12.6. The molecule has 0 saturated carbocycles. The van der Waals surface area contributed by atoms with E-state index in [9.17, 15) is 9.59 Å². The van der Waals surface area contributed by atoms with Gasteiger partial charge in [-0.3, -0.25) is 14.5 Å². The lowest BCUT2D eigenvalue weighted by Gasteiger charge is -2.32. The Morgan fingerprint density at radius 1 is 1.13 bits per heavy atom. The first-order valence-corrected chi connectivity index (χ1v) is 8.24. The Labute approximate surface area is 143 Å². The normalized spacial score (nSPS) is 13.8. The lowest BCUT2D eigenvalue weighted by Crippen LogP contribution is -2.38. The van der Waals surface area contributed by atoms with Crippen LogP contribution in [0.2, 0.25) is 5.02 Å². The highest BCUT2D eigenvalue weighted by molar-refractivity contribution is 7.99. The largest absolute Gasteiger partial charge is 0.453 e. The molecule has 0 N–H and O–H groups in total. The third-order valence-corrected chi connectivity index (χ3v) is 4.76. The molecule has 118 valence electrons. The van der Waals surface area contributed by atoms with E-state index in [0.717, 1.165) is 15.5 Å². The Balaban J connectivity index is 2.09. The van der Waals surface area contributed by atoms with E-state index in [1.54, 1.807) is 35.7 Å². The highest BCUT2D eigenvalue weighted by Gasteiger charge is 2.32. The first-order valence-electron chi connectivity index (χ1n) is 7.05. The van der Waals surface area contributed by atoms with Crippen molar-refractivity contribution >= 4 is 46.6 Å². The van der Waals surface area contributed by atoms with Crippen LogP contribution in [0.1, 0.15) is 13.8 Å². The number of hydrogen-bond acceptors (Lipinski definition) is 4. The van der Waals surface area contributed by atoms with Crippen LogP contribution in [0.25, 0.3) is 0 Å². The van der Waals surface area contributed by atoms with Crippen LogP contribution in [0.4, 0.5) is 11.4 Å². The van der Waals surface area contributed by atoms with Crippen molar-refractivity contribution in [3.8, 4) is 0 Å². The number of hydrogen-bond donors (Lipinski definition) is 0. The molecule has 1 atom stereocenters. The molecule has 0 fully saturated rings. The van der Waals surface area contributed by atoms with Gasteiger partial charge in [0.1, 0.15) is 0 Å². The molecule has 0 saturated heterocycles. The number of nitrogens with zero attached hydrogens (tertiary/aromatic N) is 1. The summed E-state index contributed by atoms with van der Waals surface area (Å²) >= 11 is 7.68. The minimum absolute atomic E-state index is 0.309. The van der Waals surface area contributed by atoms with Crippen LogP contribution in [-0.2, 0) is 14.3 Å². The molecule has 0 spiro atoms. The molecule has 1 unspecified atom stereocenters. The van der Waals surface area contributed by atoms with Gasteiger partial charge in [-0.2, -0.15) is 0 Å². The summed E-state index contributed by atoms with van der Waals surface area (Å²) in [4.78, 5) is 27.5. The van der Waals surface area contributed by atoms with Crippen LogP contribution in [0.3, 0.4) is 0 Å². The molecule has 4 nitrogen and oxygen atoms in total. The van der Waals surface area contributed by atoms with E-state index in [2.05, 4.69) is 0 Å². The average molecular weight is 348 g/mol. The summed E-state index contributed by atoms with van der Waals surface area (Å²) in [5, 5.41) is 0.543. The van der Waals surface area contributed by atoms with Gasteiger partial charge < -0.3 is 4.74 Å². The first-order chi connectivity index (χ1) is 11.0. The number of rotatable bonds is 2. The Kier molecular flexibility index (Phi) is 4.33. The second-order valence-corrected chi connectivity index (χ2v) is 6.63. The van der Waals surface area contributed by atoms with Crippen LogP contribution >= 0.6 is 23.4 Å². The van der Waals surface area contributed by atoms with Crippen LogP contribution in [0.15, 0.2) is 52.3 Å².